The third-order valence-corrected chi connectivity index (χ3v) is 5.38. The summed E-state index contributed by atoms with van der Waals surface area (Å²) < 4.78 is 0.968. The summed E-state index contributed by atoms with van der Waals surface area (Å²) in [6.07, 6.45) is 2.95. The molecule has 2 amide bonds. The lowest BCUT2D eigenvalue weighted by molar-refractivity contribution is -0.121. The van der Waals surface area contributed by atoms with E-state index in [0.29, 0.717) is 37.4 Å². The van der Waals surface area contributed by atoms with Crippen molar-refractivity contribution in [1.29, 1.82) is 0 Å². The topological polar surface area (TPSA) is 78.1 Å². The van der Waals surface area contributed by atoms with E-state index in [1.807, 2.05) is 41.3 Å². The predicted molar refractivity (Wildman–Crippen MR) is 107 cm³/mol. The van der Waals surface area contributed by atoms with Crippen molar-refractivity contribution in [2.75, 3.05) is 18.4 Å². The Labute approximate surface area is 165 Å². The van der Waals surface area contributed by atoms with Gasteiger partial charge < -0.3 is 15.2 Å². The van der Waals surface area contributed by atoms with E-state index >= 15 is 0 Å². The molecule has 27 heavy (non-hydrogen) atoms. The minimum atomic E-state index is -0.102. The van der Waals surface area contributed by atoms with Crippen LogP contribution in [-0.4, -0.2) is 39.8 Å². The summed E-state index contributed by atoms with van der Waals surface area (Å²) in [4.78, 5) is 34.3. The van der Waals surface area contributed by atoms with E-state index in [4.69, 9.17) is 0 Å². The molecule has 0 atom stereocenters. The highest BCUT2D eigenvalue weighted by Crippen LogP contribution is 2.24. The number of likely N-dealkylation sites (tertiary alicyclic amines) is 1. The van der Waals surface area contributed by atoms with Gasteiger partial charge in [-0.25, -0.2) is 4.98 Å². The smallest absolute Gasteiger partial charge is 0.270 e. The number of carbonyl (C=O) groups is 2. The number of amides is 2. The Morgan fingerprint density at radius 3 is 2.70 bits per heavy atom. The highest BCUT2D eigenvalue weighted by atomic mass is 79.9. The summed E-state index contributed by atoms with van der Waals surface area (Å²) >= 11 is 3.44. The average molecular weight is 427 g/mol. The van der Waals surface area contributed by atoms with Crippen molar-refractivity contribution in [3.63, 3.8) is 0 Å². The van der Waals surface area contributed by atoms with Gasteiger partial charge in [-0.1, -0.05) is 28.1 Å². The summed E-state index contributed by atoms with van der Waals surface area (Å²) in [6, 6.07) is 13.2. The number of aromatic nitrogens is 2. The van der Waals surface area contributed by atoms with Crippen LogP contribution in [0.4, 0.5) is 5.82 Å². The van der Waals surface area contributed by atoms with Gasteiger partial charge in [0, 0.05) is 40.6 Å². The lowest BCUT2D eigenvalue weighted by atomic mass is 9.95. The largest absolute Gasteiger partial charge is 0.350 e. The zero-order chi connectivity index (χ0) is 18.8. The number of halogens is 1. The summed E-state index contributed by atoms with van der Waals surface area (Å²) in [6.45, 7) is 1.14. The molecule has 7 heteroatoms. The normalized spacial score (nSPS) is 15.1. The molecule has 2 aromatic heterocycles. The van der Waals surface area contributed by atoms with Crippen molar-refractivity contribution in [2.45, 2.75) is 12.8 Å². The van der Waals surface area contributed by atoms with Gasteiger partial charge in [-0.2, -0.15) is 0 Å². The number of nitrogens with zero attached hydrogens (tertiary/aromatic N) is 2. The Hall–Kier alpha value is -2.67. The SMILES string of the molecule is O=C(Nc1ccccn1)C1CCN(C(=O)c2cc3ccc(Br)cc3[nH]2)CC1. The minimum Gasteiger partial charge on any atom is -0.350 e. The molecule has 0 bridgehead atoms. The Morgan fingerprint density at radius 1 is 1.15 bits per heavy atom. The van der Waals surface area contributed by atoms with Crippen molar-refractivity contribution in [1.82, 2.24) is 14.9 Å². The molecule has 0 aliphatic carbocycles. The molecular weight excluding hydrogens is 408 g/mol. The second-order valence-electron chi connectivity index (χ2n) is 6.69. The first-order valence-electron chi connectivity index (χ1n) is 8.89. The Bertz CT molecular complexity index is 978. The van der Waals surface area contributed by atoms with Crippen LogP contribution < -0.4 is 5.32 Å². The van der Waals surface area contributed by atoms with Crippen LogP contribution in [0.25, 0.3) is 10.9 Å². The highest BCUT2D eigenvalue weighted by molar-refractivity contribution is 9.10. The molecule has 0 spiro atoms. The van der Waals surface area contributed by atoms with Gasteiger partial charge in [-0.05, 0) is 43.2 Å². The number of fused-ring (bicyclic) bond motifs is 1. The second kappa shape index (κ2) is 7.52. The average Bonchev–Trinajstić information content (AvgIpc) is 3.11. The van der Waals surface area contributed by atoms with Crippen LogP contribution >= 0.6 is 15.9 Å². The number of pyridine rings is 1. The quantitative estimate of drug-likeness (QED) is 0.667. The molecule has 138 valence electrons. The van der Waals surface area contributed by atoms with Crippen molar-refractivity contribution >= 4 is 44.5 Å². The first-order valence-corrected chi connectivity index (χ1v) is 9.69. The number of carbonyl (C=O) groups excluding carboxylic acids is 2. The summed E-state index contributed by atoms with van der Waals surface area (Å²) in [7, 11) is 0. The Kier molecular flexibility index (Phi) is 4.94. The predicted octanol–water partition coefficient (Wildman–Crippen LogP) is 3.82. The first kappa shape index (κ1) is 17.7. The number of hydrogen-bond donors (Lipinski definition) is 2. The number of hydrogen-bond acceptors (Lipinski definition) is 3. The van der Waals surface area contributed by atoms with Gasteiger partial charge in [0.1, 0.15) is 11.5 Å². The third-order valence-electron chi connectivity index (χ3n) is 4.88. The molecule has 3 heterocycles. The van der Waals surface area contributed by atoms with Crippen molar-refractivity contribution in [3.05, 3.63) is 58.8 Å². The fraction of sp³-hybridized carbons (Fsp3) is 0.250. The second-order valence-corrected chi connectivity index (χ2v) is 7.60. The van der Waals surface area contributed by atoms with Gasteiger partial charge in [0.05, 0.1) is 0 Å². The van der Waals surface area contributed by atoms with Gasteiger partial charge in [0.15, 0.2) is 0 Å². The van der Waals surface area contributed by atoms with E-state index in [0.717, 1.165) is 15.4 Å². The van der Waals surface area contributed by atoms with Crippen LogP contribution in [0.5, 0.6) is 0 Å². The van der Waals surface area contributed by atoms with E-state index in [1.54, 1.807) is 12.3 Å². The van der Waals surface area contributed by atoms with E-state index in [-0.39, 0.29) is 17.7 Å². The maximum Gasteiger partial charge on any atom is 0.270 e. The first-order chi connectivity index (χ1) is 13.1. The zero-order valence-corrected chi connectivity index (χ0v) is 16.2. The third kappa shape index (κ3) is 3.88. The van der Waals surface area contributed by atoms with Crippen molar-refractivity contribution in [2.24, 2.45) is 5.92 Å². The van der Waals surface area contributed by atoms with Gasteiger partial charge in [-0.15, -0.1) is 0 Å². The van der Waals surface area contributed by atoms with Crippen LogP contribution in [0.15, 0.2) is 53.1 Å². The van der Waals surface area contributed by atoms with Gasteiger partial charge in [0.25, 0.3) is 5.91 Å². The van der Waals surface area contributed by atoms with E-state index in [2.05, 4.69) is 31.2 Å². The molecule has 0 radical (unpaired) electrons. The maximum atomic E-state index is 12.8. The zero-order valence-electron chi connectivity index (χ0n) is 14.6. The van der Waals surface area contributed by atoms with Crippen molar-refractivity contribution in [3.8, 4) is 0 Å². The van der Waals surface area contributed by atoms with E-state index in [9.17, 15) is 9.59 Å². The van der Waals surface area contributed by atoms with Gasteiger partial charge in [0.2, 0.25) is 5.91 Å². The fourth-order valence-electron chi connectivity index (χ4n) is 3.39. The molecule has 3 aromatic rings. The molecular formula is C20H19BrN4O2. The summed E-state index contributed by atoms with van der Waals surface area (Å²) in [5.41, 5.74) is 1.51. The fourth-order valence-corrected chi connectivity index (χ4v) is 3.76. The van der Waals surface area contributed by atoms with Crippen LogP contribution in [0.3, 0.4) is 0 Å². The number of rotatable bonds is 3. The molecule has 6 nitrogen and oxygen atoms in total. The Balaban J connectivity index is 1.38. The standard InChI is InChI=1S/C20H19BrN4O2/c21-15-5-4-14-11-17(23-16(14)12-15)20(27)25-9-6-13(7-10-25)19(26)24-18-3-1-2-8-22-18/h1-5,8,11-13,23H,6-7,9-10H2,(H,22,24,26). The molecule has 0 unspecified atom stereocenters. The molecule has 1 saturated heterocycles. The monoisotopic (exact) mass is 426 g/mol. The number of benzene rings is 1. The number of H-pyrrole nitrogens is 1. The summed E-state index contributed by atoms with van der Waals surface area (Å²) in [5.74, 6) is 0.405. The lowest BCUT2D eigenvalue weighted by Gasteiger charge is -2.31. The Morgan fingerprint density at radius 2 is 1.96 bits per heavy atom. The molecule has 2 N–H and O–H groups in total. The maximum absolute atomic E-state index is 12.8. The van der Waals surface area contributed by atoms with Crippen LogP contribution in [0.2, 0.25) is 0 Å². The molecule has 0 saturated carbocycles. The number of piperidine rings is 1. The molecule has 1 aliphatic heterocycles. The molecule has 4 rings (SSSR count). The van der Waals surface area contributed by atoms with Crippen LogP contribution in [-0.2, 0) is 4.79 Å². The lowest BCUT2D eigenvalue weighted by Crippen LogP contribution is -2.41. The molecule has 1 aliphatic rings. The number of anilines is 1. The number of aromatic amines is 1. The number of nitrogens with one attached hydrogen (secondary N) is 2. The minimum absolute atomic E-state index is 0.0223. The van der Waals surface area contributed by atoms with Gasteiger partial charge in [-0.3, -0.25) is 9.59 Å². The van der Waals surface area contributed by atoms with Crippen LogP contribution in [0, 0.1) is 5.92 Å². The van der Waals surface area contributed by atoms with E-state index in [1.165, 1.54) is 0 Å². The van der Waals surface area contributed by atoms with Crippen molar-refractivity contribution < 1.29 is 9.59 Å². The van der Waals surface area contributed by atoms with E-state index < -0.39 is 0 Å². The molecule has 1 aromatic carbocycles. The molecule has 1 fully saturated rings. The summed E-state index contributed by atoms with van der Waals surface area (Å²) in [5, 5.41) is 3.85. The van der Waals surface area contributed by atoms with Gasteiger partial charge >= 0.3 is 0 Å². The highest BCUT2D eigenvalue weighted by Gasteiger charge is 2.28. The van der Waals surface area contributed by atoms with Crippen LogP contribution in [0.1, 0.15) is 23.3 Å².